The summed E-state index contributed by atoms with van der Waals surface area (Å²) in [7, 11) is 0. The standard InChI is InChI=1S/C11H21N/c1-2-9-6-8-4-3-5-10(7-8)11(9)12/h8-11H,2-7,12H2,1H3. The molecule has 2 bridgehead atoms. The molecule has 0 aromatic carbocycles. The van der Waals surface area contributed by atoms with Crippen molar-refractivity contribution in [3.63, 3.8) is 0 Å². The summed E-state index contributed by atoms with van der Waals surface area (Å²) >= 11 is 0. The average Bonchev–Trinajstić information content (AvgIpc) is 2.12. The van der Waals surface area contributed by atoms with Gasteiger partial charge in [-0.2, -0.15) is 0 Å². The van der Waals surface area contributed by atoms with Crippen molar-refractivity contribution >= 4 is 0 Å². The van der Waals surface area contributed by atoms with Crippen molar-refractivity contribution in [3.8, 4) is 0 Å². The first-order valence-corrected chi connectivity index (χ1v) is 5.56. The molecule has 2 aliphatic carbocycles. The molecular weight excluding hydrogens is 146 g/mol. The van der Waals surface area contributed by atoms with Gasteiger partial charge in [-0.05, 0) is 37.0 Å². The van der Waals surface area contributed by atoms with Gasteiger partial charge in [-0.15, -0.1) is 0 Å². The second kappa shape index (κ2) is 3.37. The molecule has 2 rings (SSSR count). The summed E-state index contributed by atoms with van der Waals surface area (Å²) in [5.74, 6) is 2.75. The minimum Gasteiger partial charge on any atom is -0.327 e. The van der Waals surface area contributed by atoms with Crippen molar-refractivity contribution in [1.29, 1.82) is 0 Å². The molecule has 0 radical (unpaired) electrons. The van der Waals surface area contributed by atoms with Crippen LogP contribution in [-0.4, -0.2) is 6.04 Å². The third-order valence-electron chi connectivity index (χ3n) is 4.07. The molecule has 2 aliphatic rings. The van der Waals surface area contributed by atoms with Crippen molar-refractivity contribution in [1.82, 2.24) is 0 Å². The van der Waals surface area contributed by atoms with Crippen LogP contribution in [0.5, 0.6) is 0 Å². The van der Waals surface area contributed by atoms with Crippen LogP contribution >= 0.6 is 0 Å². The normalized spacial score (nSPS) is 47.5. The Hall–Kier alpha value is -0.0400. The van der Waals surface area contributed by atoms with Gasteiger partial charge in [-0.25, -0.2) is 0 Å². The molecule has 0 heterocycles. The number of rotatable bonds is 1. The van der Waals surface area contributed by atoms with Gasteiger partial charge in [0.1, 0.15) is 0 Å². The summed E-state index contributed by atoms with van der Waals surface area (Å²) in [5.41, 5.74) is 6.24. The third kappa shape index (κ3) is 1.39. The number of hydrogen-bond acceptors (Lipinski definition) is 1. The van der Waals surface area contributed by atoms with Crippen molar-refractivity contribution in [2.75, 3.05) is 0 Å². The molecule has 4 atom stereocenters. The highest BCUT2D eigenvalue weighted by atomic mass is 14.7. The van der Waals surface area contributed by atoms with Crippen molar-refractivity contribution in [2.24, 2.45) is 23.5 Å². The molecule has 0 saturated heterocycles. The molecule has 2 saturated carbocycles. The van der Waals surface area contributed by atoms with Gasteiger partial charge in [0.05, 0.1) is 0 Å². The van der Waals surface area contributed by atoms with E-state index in [1.54, 1.807) is 0 Å². The van der Waals surface area contributed by atoms with E-state index in [1.807, 2.05) is 0 Å². The van der Waals surface area contributed by atoms with Crippen LogP contribution in [0.3, 0.4) is 0 Å². The fourth-order valence-electron chi connectivity index (χ4n) is 3.31. The Balaban J connectivity index is 2.03. The van der Waals surface area contributed by atoms with E-state index >= 15 is 0 Å². The topological polar surface area (TPSA) is 26.0 Å². The van der Waals surface area contributed by atoms with E-state index in [2.05, 4.69) is 6.92 Å². The van der Waals surface area contributed by atoms with Crippen molar-refractivity contribution in [2.45, 2.75) is 51.5 Å². The van der Waals surface area contributed by atoms with E-state index in [4.69, 9.17) is 5.73 Å². The van der Waals surface area contributed by atoms with Crippen LogP contribution in [0.25, 0.3) is 0 Å². The third-order valence-corrected chi connectivity index (χ3v) is 4.07. The lowest BCUT2D eigenvalue weighted by Crippen LogP contribution is -2.45. The van der Waals surface area contributed by atoms with Crippen LogP contribution in [-0.2, 0) is 0 Å². The monoisotopic (exact) mass is 167 g/mol. The van der Waals surface area contributed by atoms with Gasteiger partial charge in [0.15, 0.2) is 0 Å². The van der Waals surface area contributed by atoms with Crippen LogP contribution in [0.4, 0.5) is 0 Å². The number of hydrogen-bond donors (Lipinski definition) is 1. The molecule has 0 aromatic heterocycles. The first-order valence-electron chi connectivity index (χ1n) is 5.56. The second-order valence-electron chi connectivity index (χ2n) is 4.77. The van der Waals surface area contributed by atoms with Crippen LogP contribution in [0.1, 0.15) is 45.4 Å². The first-order chi connectivity index (χ1) is 5.81. The largest absolute Gasteiger partial charge is 0.327 e. The lowest BCUT2D eigenvalue weighted by Gasteiger charge is -2.43. The molecule has 0 spiro atoms. The van der Waals surface area contributed by atoms with Crippen LogP contribution in [0, 0.1) is 17.8 Å². The van der Waals surface area contributed by atoms with Gasteiger partial charge in [-0.1, -0.05) is 26.2 Å². The summed E-state index contributed by atoms with van der Waals surface area (Å²) in [6.45, 7) is 2.30. The Kier molecular flexibility index (Phi) is 2.40. The van der Waals surface area contributed by atoms with E-state index in [9.17, 15) is 0 Å². The maximum Gasteiger partial charge on any atom is 0.00957 e. The van der Waals surface area contributed by atoms with Crippen molar-refractivity contribution in [3.05, 3.63) is 0 Å². The fourth-order valence-corrected chi connectivity index (χ4v) is 3.31. The highest BCUT2D eigenvalue weighted by molar-refractivity contribution is 4.90. The van der Waals surface area contributed by atoms with Gasteiger partial charge >= 0.3 is 0 Å². The minimum absolute atomic E-state index is 0.534. The summed E-state index contributed by atoms with van der Waals surface area (Å²) in [6, 6.07) is 0.534. The maximum absolute atomic E-state index is 6.24. The molecule has 12 heavy (non-hydrogen) atoms. The van der Waals surface area contributed by atoms with Crippen LogP contribution in [0.15, 0.2) is 0 Å². The first kappa shape index (κ1) is 8.55. The van der Waals surface area contributed by atoms with Gasteiger partial charge in [-0.3, -0.25) is 0 Å². The Morgan fingerprint density at radius 1 is 1.25 bits per heavy atom. The Bertz CT molecular complexity index is 153. The summed E-state index contributed by atoms with van der Waals surface area (Å²) in [4.78, 5) is 0. The summed E-state index contributed by atoms with van der Waals surface area (Å²) in [6.07, 6.45) is 8.51. The van der Waals surface area contributed by atoms with Gasteiger partial charge < -0.3 is 5.73 Å². The lowest BCUT2D eigenvalue weighted by atomic mass is 9.65. The van der Waals surface area contributed by atoms with Crippen LogP contribution < -0.4 is 5.73 Å². The van der Waals surface area contributed by atoms with Crippen molar-refractivity contribution < 1.29 is 0 Å². The Morgan fingerprint density at radius 3 is 2.83 bits per heavy atom. The molecule has 2 fully saturated rings. The molecule has 0 aliphatic heterocycles. The quantitative estimate of drug-likeness (QED) is 0.638. The summed E-state index contributed by atoms with van der Waals surface area (Å²) in [5, 5.41) is 0. The second-order valence-corrected chi connectivity index (χ2v) is 4.77. The Morgan fingerprint density at radius 2 is 2.08 bits per heavy atom. The predicted molar refractivity (Wildman–Crippen MR) is 51.8 cm³/mol. The number of fused-ring (bicyclic) bond motifs is 2. The van der Waals surface area contributed by atoms with Crippen LogP contribution in [0.2, 0.25) is 0 Å². The molecule has 2 N–H and O–H groups in total. The van der Waals surface area contributed by atoms with E-state index in [0.717, 1.165) is 17.8 Å². The lowest BCUT2D eigenvalue weighted by molar-refractivity contribution is 0.108. The summed E-state index contributed by atoms with van der Waals surface area (Å²) < 4.78 is 0. The maximum atomic E-state index is 6.24. The zero-order chi connectivity index (χ0) is 8.55. The molecule has 4 unspecified atom stereocenters. The zero-order valence-corrected chi connectivity index (χ0v) is 8.13. The molecule has 1 heteroatoms. The van der Waals surface area contributed by atoms with Gasteiger partial charge in [0.25, 0.3) is 0 Å². The highest BCUT2D eigenvalue weighted by Gasteiger charge is 2.36. The molecule has 70 valence electrons. The predicted octanol–water partition coefficient (Wildman–Crippen LogP) is 2.55. The molecule has 0 aromatic rings. The van der Waals surface area contributed by atoms with Gasteiger partial charge in [0, 0.05) is 6.04 Å². The zero-order valence-electron chi connectivity index (χ0n) is 8.13. The van der Waals surface area contributed by atoms with E-state index < -0.39 is 0 Å². The highest BCUT2D eigenvalue weighted by Crippen LogP contribution is 2.42. The van der Waals surface area contributed by atoms with E-state index in [1.165, 1.54) is 38.5 Å². The minimum atomic E-state index is 0.534. The molecule has 0 amide bonds. The SMILES string of the molecule is CCC1CC2CCCC(C2)C1N. The number of nitrogens with two attached hydrogens (primary N) is 1. The fraction of sp³-hybridized carbons (Fsp3) is 1.00. The molecular formula is C11H21N. The van der Waals surface area contributed by atoms with E-state index in [-0.39, 0.29) is 0 Å². The van der Waals surface area contributed by atoms with Gasteiger partial charge in [0.2, 0.25) is 0 Å². The Labute approximate surface area is 75.7 Å². The average molecular weight is 167 g/mol. The smallest absolute Gasteiger partial charge is 0.00957 e. The van der Waals surface area contributed by atoms with E-state index in [0.29, 0.717) is 6.04 Å². The molecule has 1 nitrogen and oxygen atoms in total.